The minimum Gasteiger partial charge on any atom is -0.491 e. The van der Waals surface area contributed by atoms with E-state index >= 15 is 0 Å². The maximum Gasteiger partial charge on any atom is 0.262 e. The van der Waals surface area contributed by atoms with Crippen molar-refractivity contribution in [1.29, 1.82) is 0 Å². The number of unbranched alkanes of at least 4 members (excludes halogenated alkanes) is 11. The predicted molar refractivity (Wildman–Crippen MR) is 162 cm³/mol. The Labute approximate surface area is 243 Å². The number of hydrogen-bond donors (Lipinski definition) is 1. The van der Waals surface area contributed by atoms with Crippen LogP contribution in [0.15, 0.2) is 54.0 Å². The molecule has 0 aliphatic carbocycles. The molecule has 0 aliphatic rings. The van der Waals surface area contributed by atoms with E-state index in [2.05, 4.69) is 29.1 Å². The van der Waals surface area contributed by atoms with Gasteiger partial charge in [-0.1, -0.05) is 101 Å². The standard InChI is InChI=1S/C33H45FN2O3S/c1-3-4-5-6-7-8-9-10-11-12-13-14-21-38-32-19-18-30(24-31(32)34)39-26-33(37)35-29-17-15-16-28(23-29)25-36-20-22-40-27(36)2/h15-20,22-24H,3-14,21,25-26H2,1-2H3/p+1. The van der Waals surface area contributed by atoms with Crippen LogP contribution < -0.4 is 19.4 Å². The summed E-state index contributed by atoms with van der Waals surface area (Å²) >= 11 is 1.70. The van der Waals surface area contributed by atoms with E-state index in [0.717, 1.165) is 24.9 Å². The van der Waals surface area contributed by atoms with Crippen LogP contribution in [0.25, 0.3) is 0 Å². The molecule has 0 unspecified atom stereocenters. The van der Waals surface area contributed by atoms with Crippen molar-refractivity contribution in [2.45, 2.75) is 97.4 Å². The van der Waals surface area contributed by atoms with Gasteiger partial charge < -0.3 is 14.8 Å². The number of amides is 1. The molecule has 2 aromatic carbocycles. The second-order valence-electron chi connectivity index (χ2n) is 10.4. The zero-order chi connectivity index (χ0) is 28.4. The molecule has 5 nitrogen and oxygen atoms in total. The van der Waals surface area contributed by atoms with Crippen molar-refractivity contribution >= 4 is 22.9 Å². The van der Waals surface area contributed by atoms with Gasteiger partial charge in [-0.3, -0.25) is 4.79 Å². The second kappa shape index (κ2) is 18.4. The fraction of sp³-hybridized carbons (Fsp3) is 0.515. The van der Waals surface area contributed by atoms with Crippen LogP contribution in [0, 0.1) is 12.7 Å². The number of nitrogens with one attached hydrogen (secondary N) is 1. The van der Waals surface area contributed by atoms with Crippen molar-refractivity contribution < 1.29 is 23.2 Å². The van der Waals surface area contributed by atoms with E-state index in [4.69, 9.17) is 9.47 Å². The molecule has 0 bridgehead atoms. The van der Waals surface area contributed by atoms with Crippen LogP contribution in [0.4, 0.5) is 10.1 Å². The minimum atomic E-state index is -0.481. The van der Waals surface area contributed by atoms with Crippen molar-refractivity contribution in [3.63, 3.8) is 0 Å². The summed E-state index contributed by atoms with van der Waals surface area (Å²) in [5, 5.41) is 6.13. The predicted octanol–water partition coefficient (Wildman–Crippen LogP) is 8.63. The van der Waals surface area contributed by atoms with Crippen molar-refractivity contribution in [2.75, 3.05) is 18.5 Å². The summed E-state index contributed by atoms with van der Waals surface area (Å²) in [7, 11) is 0. The van der Waals surface area contributed by atoms with E-state index in [0.29, 0.717) is 18.0 Å². The minimum absolute atomic E-state index is 0.207. The van der Waals surface area contributed by atoms with Gasteiger partial charge in [-0.25, -0.2) is 4.39 Å². The molecule has 1 heterocycles. The number of nitrogens with zero attached hydrogens (tertiary/aromatic N) is 1. The number of aromatic nitrogens is 1. The number of rotatable bonds is 20. The molecule has 0 spiro atoms. The molecule has 3 aromatic rings. The Bertz CT molecular complexity index is 1150. The third-order valence-electron chi connectivity index (χ3n) is 6.98. The molecule has 0 saturated carbocycles. The number of halogens is 1. The van der Waals surface area contributed by atoms with E-state index in [-0.39, 0.29) is 18.3 Å². The highest BCUT2D eigenvalue weighted by Gasteiger charge is 2.11. The number of hydrogen-bond acceptors (Lipinski definition) is 4. The van der Waals surface area contributed by atoms with E-state index in [1.54, 1.807) is 23.5 Å². The van der Waals surface area contributed by atoms with Gasteiger partial charge in [0.25, 0.3) is 5.91 Å². The van der Waals surface area contributed by atoms with E-state index in [1.807, 2.05) is 30.5 Å². The zero-order valence-corrected chi connectivity index (χ0v) is 25.1. The summed E-state index contributed by atoms with van der Waals surface area (Å²) in [5.74, 6) is -0.270. The molecule has 0 atom stereocenters. The quantitative estimate of drug-likeness (QED) is 0.109. The Morgan fingerprint density at radius 3 is 2.25 bits per heavy atom. The topological polar surface area (TPSA) is 51.4 Å². The average Bonchev–Trinajstić information content (AvgIpc) is 3.35. The van der Waals surface area contributed by atoms with Gasteiger partial charge in [-0.2, -0.15) is 4.57 Å². The summed E-state index contributed by atoms with van der Waals surface area (Å²) in [4.78, 5) is 12.4. The van der Waals surface area contributed by atoms with E-state index in [9.17, 15) is 9.18 Å². The van der Waals surface area contributed by atoms with Crippen LogP contribution in [0.1, 0.15) is 94.5 Å². The third-order valence-corrected chi connectivity index (χ3v) is 7.81. The largest absolute Gasteiger partial charge is 0.491 e. The van der Waals surface area contributed by atoms with Crippen molar-refractivity contribution in [2.24, 2.45) is 0 Å². The number of carbonyl (C=O) groups excluding carboxylic acids is 1. The van der Waals surface area contributed by atoms with Crippen LogP contribution in [0.2, 0.25) is 0 Å². The first-order chi connectivity index (χ1) is 19.5. The Morgan fingerprint density at radius 1 is 0.900 bits per heavy atom. The number of aryl methyl sites for hydroxylation is 1. The lowest BCUT2D eigenvalue weighted by Gasteiger charge is -2.11. The lowest BCUT2D eigenvalue weighted by atomic mass is 10.1. The number of thiazole rings is 1. The summed E-state index contributed by atoms with van der Waals surface area (Å²) in [6.07, 6.45) is 17.4. The maximum atomic E-state index is 14.5. The summed E-state index contributed by atoms with van der Waals surface area (Å²) in [5.41, 5.74) is 1.79. The Kier molecular flexibility index (Phi) is 14.6. The van der Waals surface area contributed by atoms with Crippen molar-refractivity contribution in [1.82, 2.24) is 0 Å². The Balaban J connectivity index is 1.28. The first kappa shape index (κ1) is 31.6. The molecule has 1 aromatic heterocycles. The smallest absolute Gasteiger partial charge is 0.262 e. The molecular weight excluding hydrogens is 523 g/mol. The molecule has 3 rings (SSSR count). The van der Waals surface area contributed by atoms with Crippen LogP contribution in [-0.4, -0.2) is 19.1 Å². The van der Waals surface area contributed by atoms with Gasteiger partial charge in [-0.15, -0.1) is 0 Å². The summed E-state index contributed by atoms with van der Waals surface area (Å²) in [6.45, 7) is 5.37. The number of ether oxygens (including phenoxy) is 2. The Hall–Kier alpha value is -2.93. The maximum absolute atomic E-state index is 14.5. The molecule has 218 valence electrons. The van der Waals surface area contributed by atoms with Crippen LogP contribution >= 0.6 is 11.3 Å². The SMILES string of the molecule is CCCCCCCCCCCCCCOc1ccc(OCC(=O)Nc2cccc(C[n+]3ccsc3C)c2)cc1F. The van der Waals surface area contributed by atoms with E-state index in [1.165, 1.54) is 75.3 Å². The van der Waals surface area contributed by atoms with Crippen LogP contribution in [-0.2, 0) is 11.3 Å². The number of anilines is 1. The number of benzene rings is 2. The Morgan fingerprint density at radius 2 is 1.60 bits per heavy atom. The lowest BCUT2D eigenvalue weighted by Crippen LogP contribution is -2.34. The normalized spacial score (nSPS) is 11.0. The molecule has 0 aliphatic heterocycles. The van der Waals surface area contributed by atoms with E-state index < -0.39 is 5.82 Å². The first-order valence-electron chi connectivity index (χ1n) is 14.9. The highest BCUT2D eigenvalue weighted by molar-refractivity contribution is 7.09. The molecule has 1 N–H and O–H groups in total. The number of carbonyl (C=O) groups is 1. The zero-order valence-electron chi connectivity index (χ0n) is 24.3. The fourth-order valence-corrected chi connectivity index (χ4v) is 5.31. The second-order valence-corrected chi connectivity index (χ2v) is 11.5. The van der Waals surface area contributed by atoms with Crippen molar-refractivity contribution in [3.05, 3.63) is 70.4 Å². The van der Waals surface area contributed by atoms with Gasteiger partial charge in [0, 0.05) is 24.2 Å². The molecule has 0 saturated heterocycles. The van der Waals surface area contributed by atoms with Gasteiger partial charge in [0.1, 0.15) is 5.75 Å². The monoisotopic (exact) mass is 569 g/mol. The van der Waals surface area contributed by atoms with Crippen molar-refractivity contribution in [3.8, 4) is 11.5 Å². The van der Waals surface area contributed by atoms with Gasteiger partial charge in [0.15, 0.2) is 30.9 Å². The fourth-order valence-electron chi connectivity index (χ4n) is 4.64. The van der Waals surface area contributed by atoms with Gasteiger partial charge >= 0.3 is 0 Å². The molecule has 0 radical (unpaired) electrons. The van der Waals surface area contributed by atoms with Gasteiger partial charge in [-0.05, 0) is 30.7 Å². The highest BCUT2D eigenvalue weighted by atomic mass is 32.1. The third kappa shape index (κ3) is 12.1. The molecular formula is C33H46FN2O3S+. The average molecular weight is 570 g/mol. The molecule has 7 heteroatoms. The molecule has 40 heavy (non-hydrogen) atoms. The summed E-state index contributed by atoms with van der Waals surface area (Å²) in [6, 6.07) is 12.2. The highest BCUT2D eigenvalue weighted by Crippen LogP contribution is 2.23. The summed E-state index contributed by atoms with van der Waals surface area (Å²) < 4.78 is 27.8. The first-order valence-corrected chi connectivity index (χ1v) is 15.8. The van der Waals surface area contributed by atoms with Gasteiger partial charge in [0.2, 0.25) is 5.01 Å². The molecule has 1 amide bonds. The van der Waals surface area contributed by atoms with Crippen LogP contribution in [0.3, 0.4) is 0 Å². The molecule has 0 fully saturated rings. The lowest BCUT2D eigenvalue weighted by molar-refractivity contribution is -0.689. The van der Waals surface area contributed by atoms with Gasteiger partial charge in [0.05, 0.1) is 12.0 Å². The van der Waals surface area contributed by atoms with Crippen LogP contribution in [0.5, 0.6) is 11.5 Å².